The molecule has 0 saturated carbocycles. The minimum atomic E-state index is -4.29. The SMILES string of the molecule is Cc1ccc(S(=O)(=O)N2C(=O)O[C@H](C(C)C)[C@H]2C(=O)O)cc1. The second-order valence-electron chi connectivity index (χ2n) is 5.49. The monoisotopic (exact) mass is 327 g/mol. The molecule has 1 aromatic carbocycles. The predicted octanol–water partition coefficient (Wildman–Crippen LogP) is 1.61. The molecule has 1 aliphatic heterocycles. The van der Waals surface area contributed by atoms with Gasteiger partial charge in [0.15, 0.2) is 6.04 Å². The average Bonchev–Trinajstić information content (AvgIpc) is 2.78. The van der Waals surface area contributed by atoms with Gasteiger partial charge in [0, 0.05) is 0 Å². The lowest BCUT2D eigenvalue weighted by Crippen LogP contribution is -2.47. The number of ether oxygens (including phenoxy) is 1. The Kier molecular flexibility index (Phi) is 4.15. The Bertz CT molecular complexity index is 695. The number of carbonyl (C=O) groups excluding carboxylic acids is 1. The molecule has 1 aromatic rings. The highest BCUT2D eigenvalue weighted by atomic mass is 32.2. The van der Waals surface area contributed by atoms with Gasteiger partial charge in [-0.05, 0) is 25.0 Å². The third-order valence-corrected chi connectivity index (χ3v) is 5.23. The summed E-state index contributed by atoms with van der Waals surface area (Å²) in [6, 6.07) is 4.24. The fourth-order valence-corrected chi connectivity index (χ4v) is 3.75. The van der Waals surface area contributed by atoms with Gasteiger partial charge < -0.3 is 9.84 Å². The van der Waals surface area contributed by atoms with E-state index in [0.29, 0.717) is 4.31 Å². The summed E-state index contributed by atoms with van der Waals surface area (Å²) < 4.78 is 30.5. The Balaban J connectivity index is 2.50. The molecule has 120 valence electrons. The Hall–Kier alpha value is -2.09. The van der Waals surface area contributed by atoms with Crippen molar-refractivity contribution in [1.82, 2.24) is 4.31 Å². The number of aliphatic carboxylic acids is 1. The molecule has 1 saturated heterocycles. The molecular weight excluding hydrogens is 310 g/mol. The predicted molar refractivity (Wildman–Crippen MR) is 76.7 cm³/mol. The quantitative estimate of drug-likeness (QED) is 0.901. The van der Waals surface area contributed by atoms with Crippen LogP contribution in [0.4, 0.5) is 4.79 Å². The van der Waals surface area contributed by atoms with Crippen LogP contribution in [0.3, 0.4) is 0 Å². The second kappa shape index (κ2) is 5.60. The molecule has 0 spiro atoms. The van der Waals surface area contributed by atoms with E-state index in [-0.39, 0.29) is 10.8 Å². The summed E-state index contributed by atoms with van der Waals surface area (Å²) in [5.74, 6) is -1.75. The molecular formula is C14H17NO6S. The maximum absolute atomic E-state index is 12.6. The smallest absolute Gasteiger partial charge is 0.425 e. The van der Waals surface area contributed by atoms with E-state index in [9.17, 15) is 23.1 Å². The van der Waals surface area contributed by atoms with E-state index in [1.165, 1.54) is 12.1 Å². The third kappa shape index (κ3) is 2.66. The lowest BCUT2D eigenvalue weighted by Gasteiger charge is -2.22. The molecule has 2 rings (SSSR count). The van der Waals surface area contributed by atoms with Gasteiger partial charge in [0.05, 0.1) is 4.90 Å². The highest BCUT2D eigenvalue weighted by Crippen LogP contribution is 2.31. The van der Waals surface area contributed by atoms with Crippen LogP contribution in [-0.2, 0) is 19.6 Å². The number of rotatable bonds is 4. The maximum Gasteiger partial charge on any atom is 0.425 e. The number of sulfonamides is 1. The van der Waals surface area contributed by atoms with Crippen molar-refractivity contribution in [2.45, 2.75) is 37.8 Å². The minimum Gasteiger partial charge on any atom is -0.480 e. The van der Waals surface area contributed by atoms with Crippen LogP contribution >= 0.6 is 0 Å². The molecule has 0 aromatic heterocycles. The minimum absolute atomic E-state index is 0.147. The highest BCUT2D eigenvalue weighted by Gasteiger charge is 2.53. The number of aryl methyl sites for hydroxylation is 1. The summed E-state index contributed by atoms with van der Waals surface area (Å²) in [5.41, 5.74) is 0.845. The number of cyclic esters (lactones) is 1. The molecule has 1 heterocycles. The van der Waals surface area contributed by atoms with Gasteiger partial charge in [-0.25, -0.2) is 18.0 Å². The zero-order valence-electron chi connectivity index (χ0n) is 12.4. The van der Waals surface area contributed by atoms with Crippen molar-refractivity contribution in [2.75, 3.05) is 0 Å². The zero-order valence-corrected chi connectivity index (χ0v) is 13.2. The molecule has 2 atom stereocenters. The van der Waals surface area contributed by atoms with Gasteiger partial charge in [-0.2, -0.15) is 4.31 Å². The largest absolute Gasteiger partial charge is 0.480 e. The standard InChI is InChI=1S/C14H17NO6S/c1-8(2)12-11(13(16)17)15(14(18)21-12)22(19,20)10-6-4-9(3)5-7-10/h4-8,11-12H,1-3H3,(H,16,17)/t11-,12+/m0/s1. The van der Waals surface area contributed by atoms with Gasteiger partial charge in [-0.1, -0.05) is 31.5 Å². The first kappa shape index (κ1) is 16.3. The highest BCUT2D eigenvalue weighted by molar-refractivity contribution is 7.89. The van der Waals surface area contributed by atoms with Crippen LogP contribution in [0.15, 0.2) is 29.2 Å². The molecule has 22 heavy (non-hydrogen) atoms. The van der Waals surface area contributed by atoms with Gasteiger partial charge in [-0.15, -0.1) is 0 Å². The van der Waals surface area contributed by atoms with Crippen molar-refractivity contribution in [3.63, 3.8) is 0 Å². The Morgan fingerprint density at radius 3 is 2.27 bits per heavy atom. The van der Waals surface area contributed by atoms with E-state index in [0.717, 1.165) is 5.56 Å². The van der Waals surface area contributed by atoms with Crippen molar-refractivity contribution in [3.8, 4) is 0 Å². The first-order valence-electron chi connectivity index (χ1n) is 6.70. The second-order valence-corrected chi connectivity index (χ2v) is 7.30. The Morgan fingerprint density at radius 2 is 1.82 bits per heavy atom. The van der Waals surface area contributed by atoms with Crippen LogP contribution in [-0.4, -0.2) is 42.0 Å². The molecule has 0 bridgehead atoms. The maximum atomic E-state index is 12.6. The number of hydrogen-bond acceptors (Lipinski definition) is 5. The number of carbonyl (C=O) groups is 2. The van der Waals surface area contributed by atoms with Gasteiger partial charge in [0.1, 0.15) is 6.10 Å². The lowest BCUT2D eigenvalue weighted by molar-refractivity contribution is -0.142. The molecule has 0 unspecified atom stereocenters. The fourth-order valence-electron chi connectivity index (χ4n) is 2.29. The van der Waals surface area contributed by atoms with E-state index in [1.807, 2.05) is 0 Å². The van der Waals surface area contributed by atoms with E-state index in [2.05, 4.69) is 0 Å². The van der Waals surface area contributed by atoms with Crippen molar-refractivity contribution >= 4 is 22.1 Å². The van der Waals surface area contributed by atoms with E-state index in [4.69, 9.17) is 4.74 Å². The van der Waals surface area contributed by atoms with Gasteiger partial charge in [0.2, 0.25) is 0 Å². The first-order chi connectivity index (χ1) is 10.2. The van der Waals surface area contributed by atoms with Gasteiger partial charge in [-0.3, -0.25) is 0 Å². The zero-order chi connectivity index (χ0) is 16.7. The number of amides is 1. The molecule has 1 amide bonds. The summed E-state index contributed by atoms with van der Waals surface area (Å²) in [6.07, 6.45) is -2.18. The van der Waals surface area contributed by atoms with Gasteiger partial charge >= 0.3 is 12.1 Å². The molecule has 8 heteroatoms. The summed E-state index contributed by atoms with van der Waals surface area (Å²) >= 11 is 0. The van der Waals surface area contributed by atoms with Crippen LogP contribution in [0.1, 0.15) is 19.4 Å². The summed E-state index contributed by atoms with van der Waals surface area (Å²) in [4.78, 5) is 23.3. The average molecular weight is 327 g/mol. The van der Waals surface area contributed by atoms with Crippen LogP contribution in [0.2, 0.25) is 0 Å². The van der Waals surface area contributed by atoms with Crippen LogP contribution in [0.5, 0.6) is 0 Å². The summed E-state index contributed by atoms with van der Waals surface area (Å²) in [7, 11) is -4.29. The van der Waals surface area contributed by atoms with Crippen molar-refractivity contribution in [2.24, 2.45) is 5.92 Å². The van der Waals surface area contributed by atoms with E-state index >= 15 is 0 Å². The molecule has 0 aliphatic carbocycles. The van der Waals surface area contributed by atoms with Crippen molar-refractivity contribution < 1.29 is 27.9 Å². The Labute approximate surface area is 128 Å². The van der Waals surface area contributed by atoms with Crippen molar-refractivity contribution in [1.29, 1.82) is 0 Å². The van der Waals surface area contributed by atoms with Crippen LogP contribution in [0, 0.1) is 12.8 Å². The number of benzene rings is 1. The molecule has 1 fully saturated rings. The summed E-state index contributed by atoms with van der Waals surface area (Å²) in [5, 5.41) is 9.34. The Morgan fingerprint density at radius 1 is 1.27 bits per heavy atom. The number of hydrogen-bond donors (Lipinski definition) is 1. The fraction of sp³-hybridized carbons (Fsp3) is 0.429. The molecule has 0 radical (unpaired) electrons. The molecule has 1 aliphatic rings. The van der Waals surface area contributed by atoms with Crippen molar-refractivity contribution in [3.05, 3.63) is 29.8 Å². The van der Waals surface area contributed by atoms with E-state index in [1.54, 1.807) is 32.9 Å². The first-order valence-corrected chi connectivity index (χ1v) is 8.14. The van der Waals surface area contributed by atoms with Crippen LogP contribution in [0.25, 0.3) is 0 Å². The van der Waals surface area contributed by atoms with Crippen LogP contribution < -0.4 is 0 Å². The molecule has 7 nitrogen and oxygen atoms in total. The number of nitrogens with zero attached hydrogens (tertiary/aromatic N) is 1. The topological polar surface area (TPSA) is 101 Å². The molecule has 1 N–H and O–H groups in total. The van der Waals surface area contributed by atoms with E-state index < -0.39 is 34.2 Å². The lowest BCUT2D eigenvalue weighted by atomic mass is 10.0. The van der Waals surface area contributed by atoms with Gasteiger partial charge in [0.25, 0.3) is 10.0 Å². The normalized spacial score (nSPS) is 22.0. The third-order valence-electron chi connectivity index (χ3n) is 3.47. The number of carboxylic acids is 1. The summed E-state index contributed by atoms with van der Waals surface area (Å²) in [6.45, 7) is 5.11. The number of carboxylic acid groups (broad SMARTS) is 1.